The highest BCUT2D eigenvalue weighted by atomic mass is 31.2. The Morgan fingerprint density at radius 1 is 1.31 bits per heavy atom. The van der Waals surface area contributed by atoms with Crippen molar-refractivity contribution in [2.24, 2.45) is 5.92 Å². The summed E-state index contributed by atoms with van der Waals surface area (Å²) in [7, 11) is -2.59. The van der Waals surface area contributed by atoms with Gasteiger partial charge in [0.15, 0.2) is 5.78 Å². The number of Topliss-reactive ketones (excluding diaryl/α,β-unsaturated/α-hetero) is 1. The number of hydrogen-bond donors (Lipinski definition) is 2. The predicted molar refractivity (Wildman–Crippen MR) is 105 cm³/mol. The first-order valence-corrected chi connectivity index (χ1v) is 11.1. The highest BCUT2D eigenvalue weighted by Gasteiger charge is 2.54. The average Bonchev–Trinajstić information content (AvgIpc) is 2.71. The van der Waals surface area contributed by atoms with Gasteiger partial charge < -0.3 is 14.4 Å². The molecule has 3 aliphatic rings. The monoisotopic (exact) mass is 426 g/mol. The van der Waals surface area contributed by atoms with E-state index in [1.807, 2.05) is 4.90 Å². The molecule has 2 bridgehead atoms. The molecular formula is C19H27N2O7P. The van der Waals surface area contributed by atoms with Crippen molar-refractivity contribution in [1.82, 2.24) is 9.99 Å². The number of carboxylic acids is 1. The van der Waals surface area contributed by atoms with Crippen LogP contribution in [0.2, 0.25) is 0 Å². The van der Waals surface area contributed by atoms with Gasteiger partial charge in [0.2, 0.25) is 0 Å². The minimum Gasteiger partial charge on any atom is -0.480 e. The summed E-state index contributed by atoms with van der Waals surface area (Å²) in [6, 6.07) is 7.16. The molecule has 1 aromatic rings. The summed E-state index contributed by atoms with van der Waals surface area (Å²) < 4.78 is 30.0. The second-order valence-electron chi connectivity index (χ2n) is 7.45. The van der Waals surface area contributed by atoms with E-state index in [0.29, 0.717) is 0 Å². The summed E-state index contributed by atoms with van der Waals surface area (Å²) in [4.78, 5) is 26.3. The zero-order valence-electron chi connectivity index (χ0n) is 16.6. The molecular weight excluding hydrogens is 399 g/mol. The maximum absolute atomic E-state index is 13.4. The fourth-order valence-corrected chi connectivity index (χ4v) is 5.45. The van der Waals surface area contributed by atoms with E-state index in [-0.39, 0.29) is 30.7 Å². The van der Waals surface area contributed by atoms with Crippen molar-refractivity contribution < 1.29 is 33.0 Å². The van der Waals surface area contributed by atoms with Crippen LogP contribution in [0.5, 0.6) is 5.75 Å². The molecule has 29 heavy (non-hydrogen) atoms. The van der Waals surface area contributed by atoms with Gasteiger partial charge in [-0.1, -0.05) is 18.2 Å². The number of ether oxygens (including phenoxy) is 1. The normalized spacial score (nSPS) is 29.2. The van der Waals surface area contributed by atoms with Crippen molar-refractivity contribution in [3.05, 3.63) is 30.3 Å². The van der Waals surface area contributed by atoms with E-state index in [1.165, 1.54) is 14.0 Å². The van der Waals surface area contributed by atoms with E-state index >= 15 is 0 Å². The Hall–Kier alpha value is -1.77. The molecule has 0 amide bonds. The third kappa shape index (κ3) is 4.70. The molecule has 2 N–H and O–H groups in total. The van der Waals surface area contributed by atoms with E-state index in [9.17, 15) is 19.3 Å². The number of rotatable bonds is 10. The van der Waals surface area contributed by atoms with Crippen LogP contribution in [0.1, 0.15) is 19.8 Å². The fourth-order valence-electron chi connectivity index (χ4n) is 3.91. The molecule has 3 saturated heterocycles. The molecule has 3 aliphatic heterocycles. The SMILES string of the molecule is COCC1(COP(=O)(N[C@@H](C)C(=O)O)Oc2ccccc2)C(=O)C2CCN1CC2. The number of nitrogens with zero attached hydrogens (tertiary/aromatic N) is 1. The third-order valence-corrected chi connectivity index (χ3v) is 7.10. The minimum atomic E-state index is -4.10. The summed E-state index contributed by atoms with van der Waals surface area (Å²) in [5, 5.41) is 11.7. The number of benzene rings is 1. The van der Waals surface area contributed by atoms with Gasteiger partial charge in [-0.25, -0.2) is 4.57 Å². The molecule has 0 radical (unpaired) electrons. The van der Waals surface area contributed by atoms with Gasteiger partial charge in [0, 0.05) is 13.0 Å². The molecule has 0 saturated carbocycles. The van der Waals surface area contributed by atoms with Crippen molar-refractivity contribution in [3.63, 3.8) is 0 Å². The van der Waals surface area contributed by atoms with Gasteiger partial charge in [-0.05, 0) is 45.0 Å². The minimum absolute atomic E-state index is 0.00870. The van der Waals surface area contributed by atoms with E-state index in [0.717, 1.165) is 25.9 Å². The van der Waals surface area contributed by atoms with E-state index in [4.69, 9.17) is 13.8 Å². The van der Waals surface area contributed by atoms with Gasteiger partial charge in [-0.3, -0.25) is 19.0 Å². The number of aliphatic carboxylic acids is 1. The van der Waals surface area contributed by atoms with Crippen LogP contribution in [0.4, 0.5) is 0 Å². The Labute approximate surface area is 169 Å². The Morgan fingerprint density at radius 3 is 2.52 bits per heavy atom. The molecule has 3 atom stereocenters. The quantitative estimate of drug-likeness (QED) is 0.542. The number of carbonyl (C=O) groups excluding carboxylic acids is 1. The lowest BCUT2D eigenvalue weighted by Crippen LogP contribution is -2.69. The lowest BCUT2D eigenvalue weighted by molar-refractivity contribution is -0.157. The van der Waals surface area contributed by atoms with Crippen LogP contribution in [0.15, 0.2) is 30.3 Å². The van der Waals surface area contributed by atoms with Crippen LogP contribution in [-0.2, 0) is 23.4 Å². The average molecular weight is 426 g/mol. The highest BCUT2D eigenvalue weighted by Crippen LogP contribution is 2.47. The van der Waals surface area contributed by atoms with Gasteiger partial charge in [0.25, 0.3) is 0 Å². The van der Waals surface area contributed by atoms with E-state index in [1.54, 1.807) is 30.3 Å². The first-order chi connectivity index (χ1) is 13.8. The van der Waals surface area contributed by atoms with Crippen LogP contribution in [0.25, 0.3) is 0 Å². The summed E-state index contributed by atoms with van der Waals surface area (Å²) >= 11 is 0. The van der Waals surface area contributed by atoms with Crippen LogP contribution < -0.4 is 9.61 Å². The largest absolute Gasteiger partial charge is 0.480 e. The Balaban J connectivity index is 1.83. The molecule has 160 valence electrons. The molecule has 10 heteroatoms. The van der Waals surface area contributed by atoms with Crippen molar-refractivity contribution in [1.29, 1.82) is 0 Å². The number of methoxy groups -OCH3 is 1. The topological polar surface area (TPSA) is 114 Å². The number of ketones is 1. The van der Waals surface area contributed by atoms with Crippen LogP contribution in [-0.4, -0.2) is 66.8 Å². The molecule has 0 spiro atoms. The van der Waals surface area contributed by atoms with Crippen LogP contribution >= 0.6 is 7.75 Å². The lowest BCUT2D eigenvalue weighted by Gasteiger charge is -2.52. The molecule has 4 rings (SSSR count). The van der Waals surface area contributed by atoms with Gasteiger partial charge >= 0.3 is 13.7 Å². The number of piperidine rings is 3. The maximum Gasteiger partial charge on any atom is 0.459 e. The van der Waals surface area contributed by atoms with Crippen molar-refractivity contribution >= 4 is 19.5 Å². The zero-order chi connectivity index (χ0) is 21.1. The second-order valence-corrected chi connectivity index (χ2v) is 9.15. The molecule has 3 heterocycles. The van der Waals surface area contributed by atoms with Crippen LogP contribution in [0.3, 0.4) is 0 Å². The van der Waals surface area contributed by atoms with Crippen molar-refractivity contribution in [2.45, 2.75) is 31.3 Å². The zero-order valence-corrected chi connectivity index (χ0v) is 17.5. The van der Waals surface area contributed by atoms with Gasteiger partial charge in [0.1, 0.15) is 17.3 Å². The number of fused-ring (bicyclic) bond motifs is 3. The molecule has 2 unspecified atom stereocenters. The number of hydrogen-bond acceptors (Lipinski definition) is 7. The fraction of sp³-hybridized carbons (Fsp3) is 0.579. The second kappa shape index (κ2) is 8.93. The summed E-state index contributed by atoms with van der Waals surface area (Å²) in [5.74, 6) is -0.999. The van der Waals surface area contributed by atoms with Crippen molar-refractivity contribution in [3.8, 4) is 5.75 Å². The molecule has 0 aliphatic carbocycles. The standard InChI is InChI=1S/C19H27N2O7P/c1-14(18(23)24)20-29(25,28-16-6-4-3-5-7-16)27-13-19(12-26-2)17(22)15-8-10-21(19)11-9-15/h3-7,14-15H,8-13H2,1-2H3,(H,20,25)(H,23,24)/t14-,19?,29?/m0/s1. The lowest BCUT2D eigenvalue weighted by atomic mass is 9.74. The van der Waals surface area contributed by atoms with Crippen molar-refractivity contribution in [2.75, 3.05) is 33.4 Å². The number of carboxylic acid groups (broad SMARTS) is 1. The van der Waals surface area contributed by atoms with Gasteiger partial charge in [0.05, 0.1) is 13.2 Å². The number of para-hydroxylation sites is 1. The molecule has 1 aromatic carbocycles. The highest BCUT2D eigenvalue weighted by molar-refractivity contribution is 7.52. The van der Waals surface area contributed by atoms with Crippen LogP contribution in [0, 0.1) is 5.92 Å². The summed E-state index contributed by atoms with van der Waals surface area (Å²) in [6.07, 6.45) is 1.58. The summed E-state index contributed by atoms with van der Waals surface area (Å²) in [6.45, 7) is 2.68. The Kier molecular flexibility index (Phi) is 6.76. The summed E-state index contributed by atoms with van der Waals surface area (Å²) in [5.41, 5.74) is -1.06. The maximum atomic E-state index is 13.4. The predicted octanol–water partition coefficient (Wildman–Crippen LogP) is 1.93. The van der Waals surface area contributed by atoms with E-state index < -0.39 is 25.3 Å². The first-order valence-electron chi connectivity index (χ1n) is 9.58. The Morgan fingerprint density at radius 2 is 1.97 bits per heavy atom. The Bertz CT molecular complexity index is 782. The number of nitrogens with one attached hydrogen (secondary N) is 1. The first kappa shape index (κ1) is 21.9. The van der Waals surface area contributed by atoms with Gasteiger partial charge in [-0.15, -0.1) is 0 Å². The molecule has 9 nitrogen and oxygen atoms in total. The smallest absolute Gasteiger partial charge is 0.459 e. The number of carbonyl (C=O) groups is 2. The van der Waals surface area contributed by atoms with E-state index in [2.05, 4.69) is 5.09 Å². The molecule has 0 aromatic heterocycles. The molecule has 3 fully saturated rings. The van der Waals surface area contributed by atoms with Gasteiger partial charge in [-0.2, -0.15) is 5.09 Å². The third-order valence-electron chi connectivity index (χ3n) is 5.48.